The third kappa shape index (κ3) is 11.9. The Labute approximate surface area is 265 Å². The van der Waals surface area contributed by atoms with Gasteiger partial charge in [0.25, 0.3) is 0 Å². The first-order valence-corrected chi connectivity index (χ1v) is 18.1. The van der Waals surface area contributed by atoms with Gasteiger partial charge in [-0.1, -0.05) is 58.3 Å². The van der Waals surface area contributed by atoms with Crippen LogP contribution in [0, 0.1) is 23.7 Å². The van der Waals surface area contributed by atoms with Crippen molar-refractivity contribution < 1.29 is 24.3 Å². The van der Waals surface area contributed by atoms with E-state index in [1.54, 1.807) is 4.90 Å². The Morgan fingerprint density at radius 3 is 2.11 bits per heavy atom. The molecule has 4 saturated carbocycles. The SMILES string of the molecule is CC1CCCCC1NC(=O)NC1CCC(CC(=O)NC2CCCC(CN(CCC(=O)O)C(=O)CCC3CCCCC3)C2)CC1. The van der Waals surface area contributed by atoms with Crippen LogP contribution in [0.5, 0.6) is 0 Å². The molecule has 9 heteroatoms. The molecule has 0 aromatic heterocycles. The molecule has 0 radical (unpaired) electrons. The average Bonchev–Trinajstić information content (AvgIpc) is 3.00. The summed E-state index contributed by atoms with van der Waals surface area (Å²) in [5.74, 6) is 1.14. The molecule has 4 N–H and O–H groups in total. The third-order valence-corrected chi connectivity index (χ3v) is 11.2. The van der Waals surface area contributed by atoms with Gasteiger partial charge in [-0.3, -0.25) is 14.4 Å². The molecule has 0 saturated heterocycles. The van der Waals surface area contributed by atoms with Gasteiger partial charge in [0.2, 0.25) is 11.8 Å². The molecule has 0 spiro atoms. The highest BCUT2D eigenvalue weighted by Gasteiger charge is 2.30. The summed E-state index contributed by atoms with van der Waals surface area (Å²) in [7, 11) is 0. The summed E-state index contributed by atoms with van der Waals surface area (Å²) in [4.78, 5) is 51.9. The highest BCUT2D eigenvalue weighted by Crippen LogP contribution is 2.30. The molecule has 4 fully saturated rings. The molecule has 0 bridgehead atoms. The van der Waals surface area contributed by atoms with Crippen molar-refractivity contribution in [1.29, 1.82) is 0 Å². The van der Waals surface area contributed by atoms with E-state index in [2.05, 4.69) is 22.9 Å². The minimum atomic E-state index is -0.869. The number of carboxylic acids is 1. The number of urea groups is 1. The van der Waals surface area contributed by atoms with Crippen LogP contribution in [0.2, 0.25) is 0 Å². The second-order valence-electron chi connectivity index (χ2n) is 14.7. The molecule has 250 valence electrons. The Morgan fingerprint density at radius 1 is 0.682 bits per heavy atom. The zero-order chi connectivity index (χ0) is 31.3. The van der Waals surface area contributed by atoms with Crippen LogP contribution in [0.25, 0.3) is 0 Å². The smallest absolute Gasteiger partial charge is 0.315 e. The Hall–Kier alpha value is -2.32. The minimum Gasteiger partial charge on any atom is -0.481 e. The molecule has 0 aromatic carbocycles. The molecule has 4 aliphatic carbocycles. The molecule has 9 nitrogen and oxygen atoms in total. The van der Waals surface area contributed by atoms with Crippen molar-refractivity contribution in [2.24, 2.45) is 23.7 Å². The lowest BCUT2D eigenvalue weighted by molar-refractivity contribution is -0.139. The summed E-state index contributed by atoms with van der Waals surface area (Å²) in [6.07, 6.45) is 20.4. The maximum absolute atomic E-state index is 13.2. The van der Waals surface area contributed by atoms with Crippen molar-refractivity contribution >= 4 is 23.8 Å². The molecule has 44 heavy (non-hydrogen) atoms. The van der Waals surface area contributed by atoms with Crippen LogP contribution in [0.15, 0.2) is 0 Å². The number of nitrogens with zero attached hydrogens (tertiary/aromatic N) is 1. The van der Waals surface area contributed by atoms with E-state index in [-0.39, 0.29) is 54.9 Å². The predicted octanol–water partition coefficient (Wildman–Crippen LogP) is 6.15. The average molecular weight is 617 g/mol. The number of carbonyl (C=O) groups is 4. The number of carboxylic acid groups (broad SMARTS) is 1. The van der Waals surface area contributed by atoms with Gasteiger partial charge in [0, 0.05) is 44.1 Å². The van der Waals surface area contributed by atoms with Gasteiger partial charge in [-0.2, -0.15) is 0 Å². The maximum atomic E-state index is 13.2. The number of aliphatic carboxylic acids is 1. The first-order chi connectivity index (χ1) is 21.2. The van der Waals surface area contributed by atoms with Crippen LogP contribution in [-0.2, 0) is 14.4 Å². The lowest BCUT2D eigenvalue weighted by atomic mass is 9.83. The fraction of sp³-hybridized carbons (Fsp3) is 0.886. The molecule has 4 unspecified atom stereocenters. The maximum Gasteiger partial charge on any atom is 0.315 e. The van der Waals surface area contributed by atoms with Gasteiger partial charge in [0.05, 0.1) is 6.42 Å². The van der Waals surface area contributed by atoms with E-state index in [1.807, 2.05) is 0 Å². The molecule has 4 amide bonds. The van der Waals surface area contributed by atoms with Crippen LogP contribution in [0.4, 0.5) is 4.79 Å². The summed E-state index contributed by atoms with van der Waals surface area (Å²) in [6, 6.07) is 0.539. The van der Waals surface area contributed by atoms with Gasteiger partial charge in [-0.25, -0.2) is 4.79 Å². The fourth-order valence-electron chi connectivity index (χ4n) is 8.40. The molecule has 0 heterocycles. The first kappa shape index (κ1) is 34.6. The van der Waals surface area contributed by atoms with Gasteiger partial charge in [-0.15, -0.1) is 0 Å². The summed E-state index contributed by atoms with van der Waals surface area (Å²) < 4.78 is 0. The lowest BCUT2D eigenvalue weighted by Gasteiger charge is -2.34. The third-order valence-electron chi connectivity index (χ3n) is 11.2. The Balaban J connectivity index is 1.15. The van der Waals surface area contributed by atoms with E-state index in [1.165, 1.54) is 51.4 Å². The molecule has 4 atom stereocenters. The molecular weight excluding hydrogens is 556 g/mol. The van der Waals surface area contributed by atoms with Gasteiger partial charge < -0.3 is 26.0 Å². The standard InChI is InChI=1S/C35H60N4O5/c1-25-8-5-6-13-31(25)38-35(44)37-29-17-14-27(15-18-29)23-32(40)36-30-12-7-11-28(22-30)24-39(21-20-34(42)43)33(41)19-16-26-9-3-2-4-10-26/h25-31H,2-24H2,1H3,(H,36,40)(H,42,43)(H2,37,38,44). The normalized spacial score (nSPS) is 29.8. The van der Waals surface area contributed by atoms with Crippen molar-refractivity contribution in [3.8, 4) is 0 Å². The topological polar surface area (TPSA) is 128 Å². The Kier molecular flexibility index (Phi) is 14.1. The van der Waals surface area contributed by atoms with Crippen molar-refractivity contribution in [1.82, 2.24) is 20.9 Å². The molecule has 0 aliphatic heterocycles. The summed E-state index contributed by atoms with van der Waals surface area (Å²) in [5, 5.41) is 18.9. The molecule has 4 aliphatic rings. The van der Waals surface area contributed by atoms with E-state index >= 15 is 0 Å². The summed E-state index contributed by atoms with van der Waals surface area (Å²) in [5.41, 5.74) is 0. The monoisotopic (exact) mass is 616 g/mol. The van der Waals surface area contributed by atoms with Crippen LogP contribution in [-0.4, -0.2) is 65.0 Å². The second kappa shape index (κ2) is 18.0. The van der Waals surface area contributed by atoms with E-state index in [0.29, 0.717) is 37.1 Å². The fourth-order valence-corrected chi connectivity index (χ4v) is 8.40. The Morgan fingerprint density at radius 2 is 1.39 bits per heavy atom. The lowest BCUT2D eigenvalue weighted by Crippen LogP contribution is -2.49. The quantitative estimate of drug-likeness (QED) is 0.197. The van der Waals surface area contributed by atoms with E-state index in [9.17, 15) is 24.3 Å². The first-order valence-electron chi connectivity index (χ1n) is 18.1. The van der Waals surface area contributed by atoms with Crippen molar-refractivity contribution in [2.75, 3.05) is 13.1 Å². The Bertz CT molecular complexity index is 930. The van der Waals surface area contributed by atoms with Gasteiger partial charge >= 0.3 is 12.0 Å². The molecule has 4 rings (SSSR count). The van der Waals surface area contributed by atoms with E-state index in [4.69, 9.17) is 0 Å². The zero-order valence-corrected chi connectivity index (χ0v) is 27.3. The number of hydrogen-bond donors (Lipinski definition) is 4. The molecular formula is C35H60N4O5. The molecule has 0 aromatic rings. The van der Waals surface area contributed by atoms with E-state index < -0.39 is 5.97 Å². The van der Waals surface area contributed by atoms with Gasteiger partial charge in [0.15, 0.2) is 0 Å². The van der Waals surface area contributed by atoms with Crippen LogP contribution in [0.1, 0.15) is 142 Å². The zero-order valence-electron chi connectivity index (χ0n) is 27.3. The van der Waals surface area contributed by atoms with Crippen LogP contribution in [0.3, 0.4) is 0 Å². The number of rotatable bonds is 13. The number of nitrogens with one attached hydrogen (secondary N) is 3. The highest BCUT2D eigenvalue weighted by molar-refractivity contribution is 5.77. The summed E-state index contributed by atoms with van der Waals surface area (Å²) >= 11 is 0. The van der Waals surface area contributed by atoms with Crippen molar-refractivity contribution in [3.05, 3.63) is 0 Å². The van der Waals surface area contributed by atoms with E-state index in [0.717, 1.165) is 64.2 Å². The largest absolute Gasteiger partial charge is 0.481 e. The van der Waals surface area contributed by atoms with Crippen molar-refractivity contribution in [2.45, 2.75) is 160 Å². The highest BCUT2D eigenvalue weighted by atomic mass is 16.4. The van der Waals surface area contributed by atoms with Crippen LogP contribution >= 0.6 is 0 Å². The van der Waals surface area contributed by atoms with Gasteiger partial charge in [-0.05, 0) is 87.9 Å². The number of hydrogen-bond acceptors (Lipinski definition) is 4. The van der Waals surface area contributed by atoms with Gasteiger partial charge in [0.1, 0.15) is 0 Å². The minimum absolute atomic E-state index is 0.0236. The number of amides is 4. The predicted molar refractivity (Wildman–Crippen MR) is 172 cm³/mol. The number of carbonyl (C=O) groups excluding carboxylic acids is 3. The summed E-state index contributed by atoms with van der Waals surface area (Å²) in [6.45, 7) is 3.09. The van der Waals surface area contributed by atoms with Crippen LogP contribution < -0.4 is 16.0 Å². The second-order valence-corrected chi connectivity index (χ2v) is 14.7. The van der Waals surface area contributed by atoms with Crippen molar-refractivity contribution in [3.63, 3.8) is 0 Å².